The van der Waals surface area contributed by atoms with E-state index in [2.05, 4.69) is 5.32 Å². The van der Waals surface area contributed by atoms with Gasteiger partial charge in [0.2, 0.25) is 5.91 Å². The monoisotopic (exact) mass is 273 g/mol. The average molecular weight is 273 g/mol. The molecule has 1 aliphatic heterocycles. The van der Waals surface area contributed by atoms with Crippen LogP contribution in [0.5, 0.6) is 0 Å². The Morgan fingerprint density at radius 3 is 2.89 bits per heavy atom. The average Bonchev–Trinajstić information content (AvgIpc) is 3.00. The molecule has 0 saturated heterocycles. The largest absolute Gasteiger partial charge is 0.383 e. The molecule has 1 aliphatic rings. The fraction of sp³-hybridized carbons (Fsp3) is 0.267. The van der Waals surface area contributed by atoms with Gasteiger partial charge in [0, 0.05) is 10.4 Å². The molecule has 19 heavy (non-hydrogen) atoms. The summed E-state index contributed by atoms with van der Waals surface area (Å²) < 4.78 is 0. The second kappa shape index (κ2) is 4.47. The number of thiophene rings is 1. The lowest BCUT2D eigenvalue weighted by molar-refractivity contribution is -0.116. The zero-order valence-corrected chi connectivity index (χ0v) is 11.6. The Labute approximate surface area is 115 Å². The molecule has 3 nitrogen and oxygen atoms in total. The van der Waals surface area contributed by atoms with Gasteiger partial charge in [-0.15, -0.1) is 11.3 Å². The Bertz CT molecular complexity index is 634. The number of hydrogen-bond donors (Lipinski definition) is 2. The van der Waals surface area contributed by atoms with E-state index >= 15 is 0 Å². The molecule has 0 fully saturated rings. The summed E-state index contributed by atoms with van der Waals surface area (Å²) >= 11 is 1.52. The van der Waals surface area contributed by atoms with Crippen molar-refractivity contribution in [1.29, 1.82) is 0 Å². The van der Waals surface area contributed by atoms with Crippen molar-refractivity contribution in [2.24, 2.45) is 0 Å². The van der Waals surface area contributed by atoms with E-state index in [1.165, 1.54) is 11.3 Å². The molecule has 2 heterocycles. The number of hydrogen-bond acceptors (Lipinski definition) is 3. The first-order valence-electron chi connectivity index (χ1n) is 6.24. The van der Waals surface area contributed by atoms with E-state index in [-0.39, 0.29) is 11.8 Å². The standard InChI is InChI=1S/C15H15NO2S/c1-8-6-10-9(2)15(18)16-13(10)11(7-8)14(17)12-4-3-5-19-12/h3-7,9,14,17H,1-2H3,(H,16,18). The highest BCUT2D eigenvalue weighted by molar-refractivity contribution is 7.10. The summed E-state index contributed by atoms with van der Waals surface area (Å²) in [4.78, 5) is 12.7. The first kappa shape index (κ1) is 12.4. The van der Waals surface area contributed by atoms with E-state index in [9.17, 15) is 9.90 Å². The number of aryl methyl sites for hydroxylation is 1. The first-order chi connectivity index (χ1) is 9.08. The van der Waals surface area contributed by atoms with Crippen molar-refractivity contribution in [3.05, 3.63) is 51.2 Å². The first-order valence-corrected chi connectivity index (χ1v) is 7.12. The Balaban J connectivity index is 2.13. The van der Waals surface area contributed by atoms with Crippen LogP contribution in [0.3, 0.4) is 0 Å². The van der Waals surface area contributed by atoms with E-state index in [0.717, 1.165) is 27.3 Å². The van der Waals surface area contributed by atoms with Gasteiger partial charge in [-0.25, -0.2) is 0 Å². The van der Waals surface area contributed by atoms with Crippen LogP contribution in [-0.4, -0.2) is 11.0 Å². The van der Waals surface area contributed by atoms with Gasteiger partial charge in [0.05, 0.1) is 11.6 Å². The molecule has 2 unspecified atom stereocenters. The molecule has 4 heteroatoms. The third-order valence-electron chi connectivity index (χ3n) is 3.56. The predicted molar refractivity (Wildman–Crippen MR) is 76.6 cm³/mol. The van der Waals surface area contributed by atoms with Crippen molar-refractivity contribution < 1.29 is 9.90 Å². The van der Waals surface area contributed by atoms with Crippen LogP contribution in [0, 0.1) is 6.92 Å². The number of aliphatic hydroxyl groups is 1. The molecule has 0 bridgehead atoms. The van der Waals surface area contributed by atoms with Crippen molar-refractivity contribution in [3.8, 4) is 0 Å². The van der Waals surface area contributed by atoms with Crippen LogP contribution in [0.4, 0.5) is 5.69 Å². The fourth-order valence-electron chi connectivity index (χ4n) is 2.52. The number of carbonyl (C=O) groups excluding carboxylic acids is 1. The van der Waals surface area contributed by atoms with E-state index in [1.54, 1.807) is 0 Å². The Morgan fingerprint density at radius 1 is 1.42 bits per heavy atom. The van der Waals surface area contributed by atoms with Gasteiger partial charge in [-0.2, -0.15) is 0 Å². The molecular formula is C15H15NO2S. The molecule has 0 radical (unpaired) electrons. The molecule has 2 aromatic rings. The molecule has 2 atom stereocenters. The molecule has 0 spiro atoms. The number of carbonyl (C=O) groups is 1. The topological polar surface area (TPSA) is 49.3 Å². The number of nitrogens with one attached hydrogen (secondary N) is 1. The van der Waals surface area contributed by atoms with Gasteiger partial charge in [0.25, 0.3) is 0 Å². The highest BCUT2D eigenvalue weighted by Gasteiger charge is 2.31. The smallest absolute Gasteiger partial charge is 0.231 e. The molecule has 1 aromatic carbocycles. The minimum Gasteiger partial charge on any atom is -0.383 e. The van der Waals surface area contributed by atoms with Gasteiger partial charge in [0.15, 0.2) is 0 Å². The summed E-state index contributed by atoms with van der Waals surface area (Å²) in [5.41, 5.74) is 3.61. The maximum Gasteiger partial charge on any atom is 0.231 e. The molecule has 3 rings (SSSR count). The maximum absolute atomic E-state index is 11.8. The van der Waals surface area contributed by atoms with Crippen molar-refractivity contribution in [1.82, 2.24) is 0 Å². The lowest BCUT2D eigenvalue weighted by Crippen LogP contribution is -2.09. The number of aliphatic hydroxyl groups excluding tert-OH is 1. The summed E-state index contributed by atoms with van der Waals surface area (Å²) in [6.07, 6.45) is -0.681. The van der Waals surface area contributed by atoms with Crippen LogP contribution < -0.4 is 5.32 Å². The number of amides is 1. The van der Waals surface area contributed by atoms with E-state index in [4.69, 9.17) is 0 Å². The second-order valence-electron chi connectivity index (χ2n) is 4.95. The van der Waals surface area contributed by atoms with Crippen LogP contribution in [0.25, 0.3) is 0 Å². The molecule has 98 valence electrons. The Morgan fingerprint density at radius 2 is 2.21 bits per heavy atom. The lowest BCUT2D eigenvalue weighted by atomic mass is 9.95. The van der Waals surface area contributed by atoms with Crippen LogP contribution in [0.15, 0.2) is 29.6 Å². The van der Waals surface area contributed by atoms with Crippen LogP contribution in [0.2, 0.25) is 0 Å². The van der Waals surface area contributed by atoms with E-state index in [0.29, 0.717) is 0 Å². The van der Waals surface area contributed by atoms with Crippen molar-refractivity contribution in [2.45, 2.75) is 25.9 Å². The number of rotatable bonds is 2. The van der Waals surface area contributed by atoms with Gasteiger partial charge in [-0.1, -0.05) is 23.8 Å². The molecule has 1 aromatic heterocycles. The van der Waals surface area contributed by atoms with Gasteiger partial charge >= 0.3 is 0 Å². The number of benzene rings is 1. The van der Waals surface area contributed by atoms with Crippen LogP contribution >= 0.6 is 11.3 Å². The molecule has 1 amide bonds. The van der Waals surface area contributed by atoms with Gasteiger partial charge in [-0.05, 0) is 30.9 Å². The fourth-order valence-corrected chi connectivity index (χ4v) is 3.24. The van der Waals surface area contributed by atoms with Crippen LogP contribution in [0.1, 0.15) is 40.5 Å². The van der Waals surface area contributed by atoms with E-state index in [1.807, 2.05) is 43.5 Å². The summed E-state index contributed by atoms with van der Waals surface area (Å²) in [6.45, 7) is 3.88. The Kier molecular flexibility index (Phi) is 2.92. The summed E-state index contributed by atoms with van der Waals surface area (Å²) in [5, 5.41) is 15.3. The second-order valence-corrected chi connectivity index (χ2v) is 5.93. The highest BCUT2D eigenvalue weighted by atomic mass is 32.1. The van der Waals surface area contributed by atoms with Crippen molar-refractivity contribution in [3.63, 3.8) is 0 Å². The third kappa shape index (κ3) is 1.97. The highest BCUT2D eigenvalue weighted by Crippen LogP contribution is 2.40. The van der Waals surface area contributed by atoms with Gasteiger partial charge in [0.1, 0.15) is 6.10 Å². The minimum atomic E-state index is -0.681. The maximum atomic E-state index is 11.8. The summed E-state index contributed by atoms with van der Waals surface area (Å²) in [6, 6.07) is 7.79. The normalized spacial score (nSPS) is 19.1. The van der Waals surface area contributed by atoms with Gasteiger partial charge in [-0.3, -0.25) is 4.79 Å². The van der Waals surface area contributed by atoms with Gasteiger partial charge < -0.3 is 10.4 Å². The summed E-state index contributed by atoms with van der Waals surface area (Å²) in [7, 11) is 0. The SMILES string of the molecule is Cc1cc2c(c(C(O)c3cccs3)c1)NC(=O)C2C. The predicted octanol–water partition coefficient (Wildman–Crippen LogP) is 3.19. The molecule has 0 aliphatic carbocycles. The summed E-state index contributed by atoms with van der Waals surface area (Å²) in [5.74, 6) is -0.149. The molecule has 0 saturated carbocycles. The third-order valence-corrected chi connectivity index (χ3v) is 4.48. The zero-order chi connectivity index (χ0) is 13.6. The minimum absolute atomic E-state index is 0.000213. The Hall–Kier alpha value is -1.65. The number of fused-ring (bicyclic) bond motifs is 1. The quantitative estimate of drug-likeness (QED) is 0.882. The lowest BCUT2D eigenvalue weighted by Gasteiger charge is -2.15. The molecule has 2 N–H and O–H groups in total. The zero-order valence-electron chi connectivity index (χ0n) is 10.8. The van der Waals surface area contributed by atoms with E-state index < -0.39 is 6.10 Å². The van der Waals surface area contributed by atoms with Crippen molar-refractivity contribution in [2.75, 3.05) is 5.32 Å². The van der Waals surface area contributed by atoms with Crippen molar-refractivity contribution >= 4 is 22.9 Å². The number of anilines is 1. The molecular weight excluding hydrogens is 258 g/mol. The van der Waals surface area contributed by atoms with Crippen LogP contribution in [-0.2, 0) is 4.79 Å².